The van der Waals surface area contributed by atoms with Gasteiger partial charge in [-0.25, -0.2) is 0 Å². The maximum atomic E-state index is 13.7. The van der Waals surface area contributed by atoms with Crippen LogP contribution >= 0.6 is 0 Å². The summed E-state index contributed by atoms with van der Waals surface area (Å²) in [5.74, 6) is -76.3. The average Bonchev–Trinajstić information content (AvgIpc) is 2.57. The third kappa shape index (κ3) is 4.67. The minimum Gasteiger partial charge on any atom is -0.165 e. The Morgan fingerprint density at radius 3 is 0.750 bits per heavy atom. The number of alkyl halides is 21. The fourth-order valence-electron chi connectivity index (χ4n) is 2.27. The first-order valence-corrected chi connectivity index (χ1v) is 9.86. The predicted octanol–water partition coefficient (Wildman–Crippen LogP) is 7.76. The number of rotatable bonds is 10. The van der Waals surface area contributed by atoms with E-state index in [2.05, 4.69) is 0 Å². The molecule has 0 unspecified atom stereocenters. The van der Waals surface area contributed by atoms with Crippen molar-refractivity contribution >= 4 is 22.5 Å². The molecule has 0 rings (SSSR count). The second-order valence-corrected chi connectivity index (χ2v) is 12.4. The van der Waals surface area contributed by atoms with Crippen LogP contribution in [0.3, 0.4) is 0 Å². The first kappa shape index (κ1) is 35.3. The summed E-state index contributed by atoms with van der Waals surface area (Å²) in [7, 11) is 0. The Balaban J connectivity index is 7.06. The summed E-state index contributed by atoms with van der Waals surface area (Å²) >= 11 is -0.552. The molecule has 22 heteroatoms. The quantitative estimate of drug-likeness (QED) is 0.162. The van der Waals surface area contributed by atoms with Gasteiger partial charge in [-0.05, 0) is 0 Å². The fourth-order valence-corrected chi connectivity index (χ4v) is 3.01. The summed E-state index contributed by atoms with van der Waals surface area (Å²) in [5, 5.41) is 0. The topological polar surface area (TPSA) is 0 Å². The van der Waals surface area contributed by atoms with Crippen molar-refractivity contribution in [3.8, 4) is 0 Å². The smallest absolute Gasteiger partial charge is 0.165 e. The van der Waals surface area contributed by atoms with Crippen LogP contribution in [0.1, 0.15) is 20.3 Å². The fraction of sp³-hybridized carbons (Fsp3) is 1.00. The van der Waals surface area contributed by atoms with Crippen molar-refractivity contribution in [1.82, 2.24) is 0 Å². The van der Waals surface area contributed by atoms with Crippen LogP contribution in [0.15, 0.2) is 0 Å². The molecule has 0 aromatic carbocycles. The molecule has 0 fully saturated rings. The van der Waals surface area contributed by atoms with Crippen LogP contribution in [0.5, 0.6) is 0 Å². The van der Waals surface area contributed by atoms with Crippen molar-refractivity contribution in [3.63, 3.8) is 0 Å². The molecule has 0 atom stereocenters. The molecule has 0 saturated carbocycles. The molecule has 0 aliphatic carbocycles. The molecular weight excluding hydrogens is 686 g/mol. The molecule has 2 radical (unpaired) electrons. The predicted molar refractivity (Wildman–Crippen MR) is 76.4 cm³/mol. The number of hydrogen-bond donors (Lipinski definition) is 0. The molecule has 0 nitrogen and oxygen atoms in total. The zero-order valence-corrected chi connectivity index (χ0v) is 20.0. The van der Waals surface area contributed by atoms with Gasteiger partial charge in [0.2, 0.25) is 0 Å². The molecule has 0 aromatic heterocycles. The summed E-state index contributed by atoms with van der Waals surface area (Å²) in [5.41, 5.74) is 0. The summed E-state index contributed by atoms with van der Waals surface area (Å²) < 4.78 is 275. The minimum absolute atomic E-state index is 0.552. The van der Waals surface area contributed by atoms with E-state index in [1.54, 1.807) is 0 Å². The number of hydrogen-bond acceptors (Lipinski definition) is 0. The second kappa shape index (κ2) is 8.67. The van der Waals surface area contributed by atoms with Crippen molar-refractivity contribution in [2.45, 2.75) is 83.2 Å². The minimum atomic E-state index is -9.13. The van der Waals surface area contributed by atoms with Gasteiger partial charge in [0.25, 0.3) is 0 Å². The summed E-state index contributed by atoms with van der Waals surface area (Å²) in [6, 6.07) is 0. The van der Waals surface area contributed by atoms with Crippen LogP contribution in [0.4, 0.5) is 92.2 Å². The molecule has 0 N–H and O–H groups in total. The van der Waals surface area contributed by atoms with Crippen molar-refractivity contribution in [3.05, 3.63) is 0 Å². The average molecular weight is 695 g/mol. The van der Waals surface area contributed by atoms with Gasteiger partial charge in [-0.2, -0.15) is 13.2 Å². The zero-order valence-electron chi connectivity index (χ0n) is 16.7. The molecule has 0 spiro atoms. The molecule has 216 valence electrons. The Kier molecular flexibility index (Phi) is 8.51. The van der Waals surface area contributed by atoms with Crippen molar-refractivity contribution < 1.29 is 92.2 Å². The molecule has 36 heavy (non-hydrogen) atoms. The van der Waals surface area contributed by atoms with Gasteiger partial charge in [0, 0.05) is 0 Å². The Bertz CT molecular complexity index is 798. The SMILES string of the molecule is C[C](C)([SnH])CC(F)(F)C(F)(F)C(F)(F)C(F)(F)C(F)(F)C(F)(F)C(F)(F)C(F)(F)C(F)(F)C(F)(F)F. The van der Waals surface area contributed by atoms with Crippen LogP contribution in [0, 0.1) is 0 Å². The molecule has 0 aliphatic heterocycles. The Morgan fingerprint density at radius 1 is 0.361 bits per heavy atom. The van der Waals surface area contributed by atoms with Gasteiger partial charge in [0.15, 0.2) is 0 Å². The summed E-state index contributed by atoms with van der Waals surface area (Å²) in [6.07, 6.45) is -10.5. The van der Waals surface area contributed by atoms with E-state index < -0.39 is 91.9 Å². The molecule has 0 saturated heterocycles. The third-order valence-corrected chi connectivity index (χ3v) is 4.84. The summed E-state index contributed by atoms with van der Waals surface area (Å²) in [4.78, 5) is 0. The van der Waals surface area contributed by atoms with Crippen LogP contribution in [-0.2, 0) is 0 Å². The third-order valence-electron chi connectivity index (χ3n) is 4.25. The van der Waals surface area contributed by atoms with Crippen molar-refractivity contribution in [2.24, 2.45) is 0 Å². The van der Waals surface area contributed by atoms with Gasteiger partial charge >= 0.3 is 185 Å². The first-order valence-electron chi connectivity index (χ1n) is 8.21. The Morgan fingerprint density at radius 2 is 0.556 bits per heavy atom. The van der Waals surface area contributed by atoms with E-state index in [4.69, 9.17) is 0 Å². The van der Waals surface area contributed by atoms with Crippen LogP contribution in [-0.4, -0.2) is 82.0 Å². The zero-order chi connectivity index (χ0) is 30.2. The monoisotopic (exact) mass is 696 g/mol. The normalized spacial score (nSPS) is 17.0. The Labute approximate surface area is 198 Å². The van der Waals surface area contributed by atoms with Crippen LogP contribution in [0.25, 0.3) is 0 Å². The van der Waals surface area contributed by atoms with Crippen molar-refractivity contribution in [1.29, 1.82) is 0 Å². The maximum absolute atomic E-state index is 13.7. The summed E-state index contributed by atoms with van der Waals surface area (Å²) in [6.45, 7) is 1.20. The van der Waals surface area contributed by atoms with Gasteiger partial charge in [-0.1, -0.05) is 0 Å². The second-order valence-electron chi connectivity index (χ2n) is 7.96. The molecule has 0 amide bonds. The van der Waals surface area contributed by atoms with Crippen LogP contribution in [0.2, 0.25) is 3.43 Å². The van der Waals surface area contributed by atoms with Gasteiger partial charge in [0.05, 0.1) is 0 Å². The molecule has 0 aromatic rings. The van der Waals surface area contributed by atoms with E-state index in [9.17, 15) is 92.2 Å². The first-order chi connectivity index (χ1) is 15.0. The molecular formula is C14H9F21Sn. The van der Waals surface area contributed by atoms with Crippen molar-refractivity contribution in [2.75, 3.05) is 0 Å². The van der Waals surface area contributed by atoms with E-state index in [-0.39, 0.29) is 0 Å². The van der Waals surface area contributed by atoms with Gasteiger partial charge < -0.3 is 0 Å². The standard InChI is InChI=1S/C14H8F21.Sn.H/c1-4(2)3-5(15,16)6(17,18)7(19,20)8(21,22)9(23,24)10(25,26)11(27,28)12(29,30)13(31,32)14(33,34)35;;/h3H2,1-2H3;;. The number of halogens is 21. The van der Waals surface area contributed by atoms with E-state index in [1.807, 2.05) is 0 Å². The van der Waals surface area contributed by atoms with E-state index in [1.165, 1.54) is 0 Å². The van der Waals surface area contributed by atoms with E-state index >= 15 is 0 Å². The van der Waals surface area contributed by atoms with E-state index in [0.29, 0.717) is 13.8 Å². The molecule has 0 aliphatic rings. The Hall–Kier alpha value is -0.671. The van der Waals surface area contributed by atoms with E-state index in [0.717, 1.165) is 0 Å². The van der Waals surface area contributed by atoms with Gasteiger partial charge in [-0.15, -0.1) is 0 Å². The van der Waals surface area contributed by atoms with Gasteiger partial charge in [-0.3, -0.25) is 0 Å². The van der Waals surface area contributed by atoms with Gasteiger partial charge in [0.1, 0.15) is 0 Å². The molecule has 0 bridgehead atoms. The van der Waals surface area contributed by atoms with Crippen LogP contribution < -0.4 is 0 Å². The molecule has 0 heterocycles.